The van der Waals surface area contributed by atoms with Crippen LogP contribution in [0.3, 0.4) is 0 Å². The minimum atomic E-state index is 0.270. The van der Waals surface area contributed by atoms with Gasteiger partial charge in [0.05, 0.1) is 0 Å². The Morgan fingerprint density at radius 3 is 2.13 bits per heavy atom. The van der Waals surface area contributed by atoms with Crippen LogP contribution < -0.4 is 0 Å². The van der Waals surface area contributed by atoms with Gasteiger partial charge in [-0.1, -0.05) is 13.8 Å². The fourth-order valence-electron chi connectivity index (χ4n) is 2.44. The van der Waals surface area contributed by atoms with Gasteiger partial charge in [-0.25, -0.2) is 4.79 Å². The van der Waals surface area contributed by atoms with E-state index in [9.17, 15) is 4.79 Å². The zero-order valence-electron chi connectivity index (χ0n) is 9.61. The number of urea groups is 1. The summed E-state index contributed by atoms with van der Waals surface area (Å²) in [5.41, 5.74) is 0. The third-order valence-corrected chi connectivity index (χ3v) is 4.29. The maximum absolute atomic E-state index is 12.1. The summed E-state index contributed by atoms with van der Waals surface area (Å²) in [4.78, 5) is 16.2. The molecule has 15 heavy (non-hydrogen) atoms. The summed E-state index contributed by atoms with van der Waals surface area (Å²) in [7, 11) is 0. The first-order chi connectivity index (χ1) is 7.16. The van der Waals surface area contributed by atoms with Gasteiger partial charge in [0, 0.05) is 36.7 Å². The molecule has 0 aromatic carbocycles. The molecule has 2 unspecified atom stereocenters. The molecule has 0 aromatic heterocycles. The first kappa shape index (κ1) is 11.1. The molecule has 0 aliphatic carbocycles. The van der Waals surface area contributed by atoms with E-state index >= 15 is 0 Å². The normalized spacial score (nSPS) is 32.1. The van der Waals surface area contributed by atoms with Crippen molar-refractivity contribution in [1.82, 2.24) is 9.80 Å². The monoisotopic (exact) mass is 228 g/mol. The van der Waals surface area contributed by atoms with Crippen LogP contribution in [0.4, 0.5) is 4.79 Å². The second-order valence-corrected chi connectivity index (χ2v) is 6.52. The molecule has 0 radical (unpaired) electrons. The zero-order valence-corrected chi connectivity index (χ0v) is 10.4. The van der Waals surface area contributed by atoms with E-state index in [1.807, 2.05) is 21.6 Å². The highest BCUT2D eigenvalue weighted by Gasteiger charge is 2.29. The SMILES string of the molecule is CC1CN(C(=O)N2CCCC2)CC(C)S1. The van der Waals surface area contributed by atoms with E-state index in [1.165, 1.54) is 12.8 Å². The molecule has 86 valence electrons. The Hall–Kier alpha value is -0.380. The zero-order chi connectivity index (χ0) is 10.8. The number of carbonyl (C=O) groups is 1. The summed E-state index contributed by atoms with van der Waals surface area (Å²) in [6.45, 7) is 8.19. The molecule has 2 saturated heterocycles. The van der Waals surface area contributed by atoms with Crippen molar-refractivity contribution < 1.29 is 4.79 Å². The lowest BCUT2D eigenvalue weighted by molar-refractivity contribution is 0.162. The smallest absolute Gasteiger partial charge is 0.320 e. The number of thioether (sulfide) groups is 1. The van der Waals surface area contributed by atoms with Crippen molar-refractivity contribution in [3.63, 3.8) is 0 Å². The molecule has 3 nitrogen and oxygen atoms in total. The van der Waals surface area contributed by atoms with E-state index in [1.54, 1.807) is 0 Å². The highest BCUT2D eigenvalue weighted by atomic mass is 32.2. The Morgan fingerprint density at radius 1 is 1.07 bits per heavy atom. The van der Waals surface area contributed by atoms with Gasteiger partial charge in [-0.15, -0.1) is 0 Å². The van der Waals surface area contributed by atoms with E-state index in [2.05, 4.69) is 13.8 Å². The summed E-state index contributed by atoms with van der Waals surface area (Å²) in [6, 6.07) is 0.270. The Balaban J connectivity index is 1.93. The topological polar surface area (TPSA) is 23.6 Å². The minimum absolute atomic E-state index is 0.270. The third-order valence-electron chi connectivity index (χ3n) is 3.07. The molecule has 4 heteroatoms. The fraction of sp³-hybridized carbons (Fsp3) is 0.909. The Kier molecular flexibility index (Phi) is 3.44. The summed E-state index contributed by atoms with van der Waals surface area (Å²) in [5.74, 6) is 0. The predicted octanol–water partition coefficient (Wildman–Crippen LogP) is 2.03. The molecule has 0 N–H and O–H groups in total. The van der Waals surface area contributed by atoms with Gasteiger partial charge in [-0.2, -0.15) is 11.8 Å². The Bertz CT molecular complexity index is 231. The average molecular weight is 228 g/mol. The van der Waals surface area contributed by atoms with Gasteiger partial charge in [0.2, 0.25) is 0 Å². The number of amides is 2. The quantitative estimate of drug-likeness (QED) is 0.633. The second kappa shape index (κ2) is 4.64. The van der Waals surface area contributed by atoms with E-state index < -0.39 is 0 Å². The lowest BCUT2D eigenvalue weighted by atomic mass is 10.3. The number of rotatable bonds is 0. The summed E-state index contributed by atoms with van der Waals surface area (Å²) >= 11 is 1.99. The molecular formula is C11H20N2OS. The lowest BCUT2D eigenvalue weighted by Crippen LogP contribution is -2.49. The molecular weight excluding hydrogens is 208 g/mol. The van der Waals surface area contributed by atoms with Crippen molar-refractivity contribution in [3.8, 4) is 0 Å². The molecule has 2 aliphatic heterocycles. The number of likely N-dealkylation sites (tertiary alicyclic amines) is 1. The first-order valence-electron chi connectivity index (χ1n) is 5.86. The fourth-order valence-corrected chi connectivity index (χ4v) is 3.77. The van der Waals surface area contributed by atoms with E-state index in [0.717, 1.165) is 26.2 Å². The maximum atomic E-state index is 12.1. The van der Waals surface area contributed by atoms with Crippen molar-refractivity contribution in [3.05, 3.63) is 0 Å². The molecule has 2 rings (SSSR count). The van der Waals surface area contributed by atoms with Crippen LogP contribution in [0.2, 0.25) is 0 Å². The van der Waals surface area contributed by atoms with Crippen molar-refractivity contribution in [2.45, 2.75) is 37.2 Å². The van der Waals surface area contributed by atoms with E-state index in [4.69, 9.17) is 0 Å². The molecule has 2 heterocycles. The van der Waals surface area contributed by atoms with Crippen LogP contribution in [0.15, 0.2) is 0 Å². The minimum Gasteiger partial charge on any atom is -0.325 e. The summed E-state index contributed by atoms with van der Waals surface area (Å²) in [5, 5.41) is 1.17. The van der Waals surface area contributed by atoms with Gasteiger partial charge in [0.15, 0.2) is 0 Å². The maximum Gasteiger partial charge on any atom is 0.320 e. The van der Waals surface area contributed by atoms with Crippen LogP contribution in [0.1, 0.15) is 26.7 Å². The highest BCUT2D eigenvalue weighted by molar-refractivity contribution is 8.00. The number of hydrogen-bond acceptors (Lipinski definition) is 2. The predicted molar refractivity (Wildman–Crippen MR) is 64.3 cm³/mol. The standard InChI is InChI=1S/C11H20N2OS/c1-9-7-13(8-10(2)15-9)11(14)12-5-3-4-6-12/h9-10H,3-8H2,1-2H3. The van der Waals surface area contributed by atoms with Crippen molar-refractivity contribution in [2.24, 2.45) is 0 Å². The van der Waals surface area contributed by atoms with Gasteiger partial charge in [0.25, 0.3) is 0 Å². The average Bonchev–Trinajstić information content (AvgIpc) is 2.67. The molecule has 2 amide bonds. The molecule has 0 saturated carbocycles. The first-order valence-corrected chi connectivity index (χ1v) is 6.80. The van der Waals surface area contributed by atoms with E-state index in [0.29, 0.717) is 10.5 Å². The molecule has 0 aromatic rings. The van der Waals surface area contributed by atoms with E-state index in [-0.39, 0.29) is 6.03 Å². The largest absolute Gasteiger partial charge is 0.325 e. The second-order valence-electron chi connectivity index (χ2n) is 4.64. The van der Waals surface area contributed by atoms with Crippen molar-refractivity contribution in [2.75, 3.05) is 26.2 Å². The van der Waals surface area contributed by atoms with Gasteiger partial charge >= 0.3 is 6.03 Å². The van der Waals surface area contributed by atoms with Crippen LogP contribution in [-0.4, -0.2) is 52.5 Å². The number of hydrogen-bond donors (Lipinski definition) is 0. The highest BCUT2D eigenvalue weighted by Crippen LogP contribution is 2.25. The molecule has 0 spiro atoms. The van der Waals surface area contributed by atoms with Crippen LogP contribution in [0, 0.1) is 0 Å². The van der Waals surface area contributed by atoms with Crippen LogP contribution >= 0.6 is 11.8 Å². The Labute approximate surface area is 96.2 Å². The van der Waals surface area contributed by atoms with Crippen molar-refractivity contribution in [1.29, 1.82) is 0 Å². The van der Waals surface area contributed by atoms with Gasteiger partial charge in [0.1, 0.15) is 0 Å². The molecule has 2 fully saturated rings. The number of nitrogens with zero attached hydrogens (tertiary/aromatic N) is 2. The lowest BCUT2D eigenvalue weighted by Gasteiger charge is -2.36. The van der Waals surface area contributed by atoms with Crippen LogP contribution in [0.25, 0.3) is 0 Å². The molecule has 0 bridgehead atoms. The molecule has 2 atom stereocenters. The number of carbonyl (C=O) groups excluding carboxylic acids is 1. The molecule has 2 aliphatic rings. The van der Waals surface area contributed by atoms with Gasteiger partial charge in [-0.05, 0) is 12.8 Å². The third kappa shape index (κ3) is 2.60. The summed E-state index contributed by atoms with van der Waals surface area (Å²) < 4.78 is 0. The summed E-state index contributed by atoms with van der Waals surface area (Å²) in [6.07, 6.45) is 2.36. The van der Waals surface area contributed by atoms with Crippen LogP contribution in [0.5, 0.6) is 0 Å². The van der Waals surface area contributed by atoms with Gasteiger partial charge in [-0.3, -0.25) is 0 Å². The Morgan fingerprint density at radius 2 is 1.60 bits per heavy atom. The van der Waals surface area contributed by atoms with Crippen LogP contribution in [-0.2, 0) is 0 Å². The van der Waals surface area contributed by atoms with Crippen molar-refractivity contribution >= 4 is 17.8 Å². The van der Waals surface area contributed by atoms with Gasteiger partial charge < -0.3 is 9.80 Å².